The van der Waals surface area contributed by atoms with E-state index in [0.29, 0.717) is 5.92 Å². The van der Waals surface area contributed by atoms with Crippen LogP contribution in [0.15, 0.2) is 30.6 Å². The molecule has 1 heterocycles. The van der Waals surface area contributed by atoms with Crippen molar-refractivity contribution >= 4 is 0 Å². The molecule has 0 bridgehead atoms. The molecular weight excluding hydrogens is 248 g/mol. The van der Waals surface area contributed by atoms with E-state index in [4.69, 9.17) is 4.74 Å². The van der Waals surface area contributed by atoms with E-state index in [1.54, 1.807) is 13.3 Å². The molecule has 0 amide bonds. The third kappa shape index (κ3) is 2.72. The Labute approximate surface area is 121 Å². The van der Waals surface area contributed by atoms with Gasteiger partial charge >= 0.3 is 0 Å². The fourth-order valence-electron chi connectivity index (χ4n) is 2.30. The fourth-order valence-corrected chi connectivity index (χ4v) is 2.30. The highest BCUT2D eigenvalue weighted by Gasteiger charge is 2.21. The van der Waals surface area contributed by atoms with Crippen molar-refractivity contribution < 1.29 is 4.74 Å². The maximum absolute atomic E-state index is 5.67. The van der Waals surface area contributed by atoms with Crippen LogP contribution in [-0.2, 0) is 5.41 Å². The topological polar surface area (TPSA) is 27.1 Å². The number of methoxy groups -OCH3 is 1. The van der Waals surface area contributed by atoms with Gasteiger partial charge in [0.1, 0.15) is 11.4 Å². The Bertz CT molecular complexity index is 578. The molecule has 20 heavy (non-hydrogen) atoms. The minimum absolute atomic E-state index is 0.0951. The summed E-state index contributed by atoms with van der Waals surface area (Å²) in [5.41, 5.74) is 3.63. The summed E-state index contributed by atoms with van der Waals surface area (Å²) in [4.78, 5) is 0. The highest BCUT2D eigenvalue weighted by Crippen LogP contribution is 2.37. The lowest BCUT2D eigenvalue weighted by molar-refractivity contribution is 0.403. The van der Waals surface area contributed by atoms with Gasteiger partial charge < -0.3 is 4.74 Å². The number of hydrogen-bond acceptors (Lipinski definition) is 2. The van der Waals surface area contributed by atoms with Crippen LogP contribution in [0, 0.1) is 0 Å². The van der Waals surface area contributed by atoms with Crippen molar-refractivity contribution in [3.8, 4) is 11.4 Å². The van der Waals surface area contributed by atoms with Gasteiger partial charge in [0.25, 0.3) is 0 Å². The van der Waals surface area contributed by atoms with Gasteiger partial charge in [0.15, 0.2) is 0 Å². The van der Waals surface area contributed by atoms with Gasteiger partial charge in [0.05, 0.1) is 7.11 Å². The smallest absolute Gasteiger partial charge is 0.147 e. The van der Waals surface area contributed by atoms with Crippen LogP contribution in [0.25, 0.3) is 5.69 Å². The van der Waals surface area contributed by atoms with Gasteiger partial charge in [-0.05, 0) is 34.6 Å². The van der Waals surface area contributed by atoms with E-state index in [1.807, 2.05) is 16.9 Å². The van der Waals surface area contributed by atoms with Crippen LogP contribution >= 0.6 is 0 Å². The van der Waals surface area contributed by atoms with E-state index in [0.717, 1.165) is 11.4 Å². The lowest BCUT2D eigenvalue weighted by atomic mass is 9.84. The summed E-state index contributed by atoms with van der Waals surface area (Å²) < 4.78 is 7.54. The largest absolute Gasteiger partial charge is 0.494 e. The van der Waals surface area contributed by atoms with Crippen LogP contribution in [0.2, 0.25) is 0 Å². The van der Waals surface area contributed by atoms with Crippen LogP contribution < -0.4 is 4.74 Å². The maximum Gasteiger partial charge on any atom is 0.147 e. The molecule has 0 fully saturated rings. The van der Waals surface area contributed by atoms with Crippen molar-refractivity contribution in [2.24, 2.45) is 0 Å². The first-order valence-corrected chi connectivity index (χ1v) is 7.07. The lowest BCUT2D eigenvalue weighted by Crippen LogP contribution is -2.14. The Hall–Kier alpha value is -1.77. The molecule has 108 valence electrons. The molecule has 2 aromatic rings. The molecule has 0 saturated carbocycles. The molecule has 0 aliphatic carbocycles. The van der Waals surface area contributed by atoms with E-state index in [2.05, 4.69) is 51.9 Å². The molecular formula is C17H24N2O. The van der Waals surface area contributed by atoms with E-state index < -0.39 is 0 Å². The van der Waals surface area contributed by atoms with Crippen LogP contribution in [0.3, 0.4) is 0 Å². The Kier molecular flexibility index (Phi) is 3.89. The normalized spacial score (nSPS) is 11.9. The molecule has 0 aliphatic rings. The SMILES string of the molecule is COc1c(C(C)C)cc(C(C)(C)C)cc1-n1cccn1. The van der Waals surface area contributed by atoms with Crippen molar-refractivity contribution in [3.05, 3.63) is 41.7 Å². The number of rotatable bonds is 3. The average Bonchev–Trinajstić information content (AvgIpc) is 2.89. The Balaban J connectivity index is 2.73. The van der Waals surface area contributed by atoms with Gasteiger partial charge in [-0.15, -0.1) is 0 Å². The fraction of sp³-hybridized carbons (Fsp3) is 0.471. The lowest BCUT2D eigenvalue weighted by Gasteiger charge is -2.24. The summed E-state index contributed by atoms with van der Waals surface area (Å²) in [5, 5.41) is 4.36. The van der Waals surface area contributed by atoms with Gasteiger partial charge in [-0.3, -0.25) is 0 Å². The molecule has 0 saturated heterocycles. The number of aromatic nitrogens is 2. The average molecular weight is 272 g/mol. The van der Waals surface area contributed by atoms with Crippen molar-refractivity contribution in [1.82, 2.24) is 9.78 Å². The standard InChI is InChI=1S/C17H24N2O/c1-12(2)14-10-13(17(3,4)5)11-15(16(14)20-6)19-9-7-8-18-19/h7-12H,1-6H3. The molecule has 2 rings (SSSR count). The summed E-state index contributed by atoms with van der Waals surface area (Å²) in [6, 6.07) is 6.37. The van der Waals surface area contributed by atoms with Gasteiger partial charge in [0, 0.05) is 12.4 Å². The van der Waals surface area contributed by atoms with Gasteiger partial charge in [-0.25, -0.2) is 4.68 Å². The zero-order valence-electron chi connectivity index (χ0n) is 13.3. The maximum atomic E-state index is 5.67. The van der Waals surface area contributed by atoms with Gasteiger partial charge in [-0.2, -0.15) is 5.10 Å². The zero-order chi connectivity index (χ0) is 14.9. The second-order valence-corrected chi connectivity index (χ2v) is 6.47. The summed E-state index contributed by atoms with van der Waals surface area (Å²) in [6.45, 7) is 11.1. The number of benzene rings is 1. The first kappa shape index (κ1) is 14.6. The van der Waals surface area contributed by atoms with E-state index in [9.17, 15) is 0 Å². The number of nitrogens with zero attached hydrogens (tertiary/aromatic N) is 2. The molecule has 0 aliphatic heterocycles. The molecule has 0 N–H and O–H groups in total. The molecule has 0 atom stereocenters. The Morgan fingerprint density at radius 1 is 1.20 bits per heavy atom. The zero-order valence-corrected chi connectivity index (χ0v) is 13.3. The minimum atomic E-state index is 0.0951. The van der Waals surface area contributed by atoms with Crippen molar-refractivity contribution in [2.75, 3.05) is 7.11 Å². The molecule has 1 aromatic carbocycles. The van der Waals surface area contributed by atoms with E-state index >= 15 is 0 Å². The molecule has 3 heteroatoms. The van der Waals surface area contributed by atoms with E-state index in [1.165, 1.54) is 11.1 Å². The summed E-state index contributed by atoms with van der Waals surface area (Å²) >= 11 is 0. The van der Waals surface area contributed by atoms with Crippen LogP contribution in [0.1, 0.15) is 51.7 Å². The predicted molar refractivity (Wildman–Crippen MR) is 82.9 cm³/mol. The molecule has 0 spiro atoms. The Morgan fingerprint density at radius 3 is 2.35 bits per heavy atom. The highest BCUT2D eigenvalue weighted by molar-refractivity contribution is 5.56. The third-order valence-corrected chi connectivity index (χ3v) is 3.54. The highest BCUT2D eigenvalue weighted by atomic mass is 16.5. The summed E-state index contributed by atoms with van der Waals surface area (Å²) in [7, 11) is 1.73. The summed E-state index contributed by atoms with van der Waals surface area (Å²) in [6.07, 6.45) is 3.74. The number of ether oxygens (including phenoxy) is 1. The van der Waals surface area contributed by atoms with Crippen LogP contribution in [-0.4, -0.2) is 16.9 Å². The second kappa shape index (κ2) is 5.31. The number of hydrogen-bond donors (Lipinski definition) is 0. The quantitative estimate of drug-likeness (QED) is 0.833. The molecule has 1 aromatic heterocycles. The molecule has 3 nitrogen and oxygen atoms in total. The van der Waals surface area contributed by atoms with Crippen molar-refractivity contribution in [2.45, 2.75) is 46.0 Å². The third-order valence-electron chi connectivity index (χ3n) is 3.54. The van der Waals surface area contributed by atoms with Crippen molar-refractivity contribution in [3.63, 3.8) is 0 Å². The first-order valence-electron chi connectivity index (χ1n) is 7.07. The Morgan fingerprint density at radius 2 is 1.90 bits per heavy atom. The second-order valence-electron chi connectivity index (χ2n) is 6.47. The van der Waals surface area contributed by atoms with Crippen molar-refractivity contribution in [1.29, 1.82) is 0 Å². The van der Waals surface area contributed by atoms with Crippen LogP contribution in [0.5, 0.6) is 5.75 Å². The van der Waals surface area contributed by atoms with Gasteiger partial charge in [0.2, 0.25) is 0 Å². The predicted octanol–water partition coefficient (Wildman–Crippen LogP) is 4.30. The molecule has 0 unspecified atom stereocenters. The van der Waals surface area contributed by atoms with Crippen LogP contribution in [0.4, 0.5) is 0 Å². The van der Waals surface area contributed by atoms with E-state index in [-0.39, 0.29) is 5.41 Å². The minimum Gasteiger partial charge on any atom is -0.494 e. The monoisotopic (exact) mass is 272 g/mol. The molecule has 0 radical (unpaired) electrons. The van der Waals surface area contributed by atoms with Gasteiger partial charge in [-0.1, -0.05) is 40.7 Å². The summed E-state index contributed by atoms with van der Waals surface area (Å²) in [5.74, 6) is 1.32. The first-order chi connectivity index (χ1) is 9.34.